The van der Waals surface area contributed by atoms with Crippen molar-refractivity contribution in [3.8, 4) is 0 Å². The SMILES string of the molecule is Cc1nc2ccccc2cc1C(=O)N1CCC(C(=O)N2CCCC(C)C2)CC1. The highest BCUT2D eigenvalue weighted by Gasteiger charge is 2.32. The summed E-state index contributed by atoms with van der Waals surface area (Å²) in [6.45, 7) is 7.19. The maximum Gasteiger partial charge on any atom is 0.255 e. The van der Waals surface area contributed by atoms with E-state index in [9.17, 15) is 9.59 Å². The molecule has 2 aliphatic heterocycles. The van der Waals surface area contributed by atoms with Crippen LogP contribution in [0.25, 0.3) is 10.9 Å². The van der Waals surface area contributed by atoms with E-state index in [-0.39, 0.29) is 11.8 Å². The minimum absolute atomic E-state index is 0.0354. The van der Waals surface area contributed by atoms with Gasteiger partial charge in [0, 0.05) is 37.5 Å². The molecule has 4 rings (SSSR count). The normalized spacial score (nSPS) is 21.1. The number of hydrogen-bond acceptors (Lipinski definition) is 3. The van der Waals surface area contributed by atoms with E-state index in [1.807, 2.05) is 47.1 Å². The Morgan fingerprint density at radius 1 is 1.04 bits per heavy atom. The van der Waals surface area contributed by atoms with Crippen LogP contribution in [0.1, 0.15) is 48.7 Å². The van der Waals surface area contributed by atoms with Crippen molar-refractivity contribution in [3.63, 3.8) is 0 Å². The second-order valence-electron chi connectivity index (χ2n) is 8.41. The van der Waals surface area contributed by atoms with Crippen LogP contribution in [-0.2, 0) is 4.79 Å². The highest BCUT2D eigenvalue weighted by molar-refractivity contribution is 5.98. The Morgan fingerprint density at radius 2 is 1.79 bits per heavy atom. The maximum absolute atomic E-state index is 13.1. The number of carbonyl (C=O) groups excluding carboxylic acids is 2. The number of piperidine rings is 2. The number of fused-ring (bicyclic) bond motifs is 1. The molecule has 1 aromatic carbocycles. The molecule has 5 heteroatoms. The van der Waals surface area contributed by atoms with Gasteiger partial charge in [-0.3, -0.25) is 14.6 Å². The number of para-hydroxylation sites is 1. The van der Waals surface area contributed by atoms with Crippen molar-refractivity contribution in [3.05, 3.63) is 41.6 Å². The van der Waals surface area contributed by atoms with Gasteiger partial charge in [-0.05, 0) is 50.7 Å². The molecule has 2 fully saturated rings. The van der Waals surface area contributed by atoms with Gasteiger partial charge in [0.1, 0.15) is 0 Å². The van der Waals surface area contributed by atoms with Crippen LogP contribution in [0.3, 0.4) is 0 Å². The van der Waals surface area contributed by atoms with Crippen LogP contribution in [0.5, 0.6) is 0 Å². The van der Waals surface area contributed by atoms with Gasteiger partial charge in [-0.15, -0.1) is 0 Å². The fraction of sp³-hybridized carbons (Fsp3) is 0.522. The molecule has 1 unspecified atom stereocenters. The Balaban J connectivity index is 1.41. The molecule has 0 saturated carbocycles. The Hall–Kier alpha value is -2.43. The number of amides is 2. The molecular formula is C23H29N3O2. The van der Waals surface area contributed by atoms with E-state index >= 15 is 0 Å². The van der Waals surface area contributed by atoms with Crippen molar-refractivity contribution < 1.29 is 9.59 Å². The summed E-state index contributed by atoms with van der Waals surface area (Å²) in [5.74, 6) is 0.989. The summed E-state index contributed by atoms with van der Waals surface area (Å²) < 4.78 is 0. The lowest BCUT2D eigenvalue weighted by Crippen LogP contribution is -2.47. The van der Waals surface area contributed by atoms with Gasteiger partial charge in [-0.2, -0.15) is 0 Å². The molecule has 0 aliphatic carbocycles. The summed E-state index contributed by atoms with van der Waals surface area (Å²) in [6.07, 6.45) is 3.85. The van der Waals surface area contributed by atoms with Crippen LogP contribution < -0.4 is 0 Å². The van der Waals surface area contributed by atoms with Gasteiger partial charge in [0.25, 0.3) is 5.91 Å². The smallest absolute Gasteiger partial charge is 0.255 e. The Labute approximate surface area is 166 Å². The van der Waals surface area contributed by atoms with E-state index < -0.39 is 0 Å². The summed E-state index contributed by atoms with van der Waals surface area (Å²) in [4.78, 5) is 34.5. The molecule has 1 atom stereocenters. The first kappa shape index (κ1) is 18.9. The summed E-state index contributed by atoms with van der Waals surface area (Å²) in [5.41, 5.74) is 2.36. The topological polar surface area (TPSA) is 53.5 Å². The molecule has 0 radical (unpaired) electrons. The van der Waals surface area contributed by atoms with Crippen LogP contribution in [0.15, 0.2) is 30.3 Å². The van der Waals surface area contributed by atoms with Crippen LogP contribution in [0.4, 0.5) is 0 Å². The quantitative estimate of drug-likeness (QED) is 0.800. The average molecular weight is 380 g/mol. The lowest BCUT2D eigenvalue weighted by molar-refractivity contribution is -0.138. The maximum atomic E-state index is 13.1. The zero-order valence-corrected chi connectivity index (χ0v) is 16.9. The first-order valence-electron chi connectivity index (χ1n) is 10.5. The summed E-state index contributed by atoms with van der Waals surface area (Å²) >= 11 is 0. The van der Waals surface area contributed by atoms with Gasteiger partial charge >= 0.3 is 0 Å². The number of aryl methyl sites for hydroxylation is 1. The Kier molecular flexibility index (Phi) is 5.33. The molecule has 0 bridgehead atoms. The van der Waals surface area contributed by atoms with Crippen molar-refractivity contribution in [2.75, 3.05) is 26.2 Å². The molecule has 3 heterocycles. The summed E-state index contributed by atoms with van der Waals surface area (Å²) in [7, 11) is 0. The molecule has 2 aliphatic rings. The van der Waals surface area contributed by atoms with Gasteiger partial charge in [0.15, 0.2) is 0 Å². The first-order chi connectivity index (χ1) is 13.5. The second kappa shape index (κ2) is 7.90. The fourth-order valence-corrected chi connectivity index (χ4v) is 4.58. The number of likely N-dealkylation sites (tertiary alicyclic amines) is 2. The van der Waals surface area contributed by atoms with Crippen LogP contribution >= 0.6 is 0 Å². The van der Waals surface area contributed by atoms with Crippen molar-refractivity contribution in [1.82, 2.24) is 14.8 Å². The largest absolute Gasteiger partial charge is 0.342 e. The highest BCUT2D eigenvalue weighted by atomic mass is 16.2. The third-order valence-electron chi connectivity index (χ3n) is 6.25. The molecule has 2 aromatic rings. The van der Waals surface area contributed by atoms with Crippen molar-refractivity contribution >= 4 is 22.7 Å². The monoisotopic (exact) mass is 379 g/mol. The molecule has 28 heavy (non-hydrogen) atoms. The molecule has 0 N–H and O–H groups in total. The number of rotatable bonds is 2. The van der Waals surface area contributed by atoms with Gasteiger partial charge in [0.05, 0.1) is 16.8 Å². The fourth-order valence-electron chi connectivity index (χ4n) is 4.58. The van der Waals surface area contributed by atoms with Crippen LogP contribution in [-0.4, -0.2) is 52.8 Å². The number of hydrogen-bond donors (Lipinski definition) is 0. The lowest BCUT2D eigenvalue weighted by Gasteiger charge is -2.37. The predicted molar refractivity (Wildman–Crippen MR) is 110 cm³/mol. The van der Waals surface area contributed by atoms with E-state index in [0.29, 0.717) is 30.5 Å². The molecule has 0 spiro atoms. The minimum atomic E-state index is 0.0354. The predicted octanol–water partition coefficient (Wildman–Crippen LogP) is 3.65. The van der Waals surface area contributed by atoms with Gasteiger partial charge in [-0.1, -0.05) is 25.1 Å². The molecular weight excluding hydrogens is 350 g/mol. The minimum Gasteiger partial charge on any atom is -0.342 e. The standard InChI is InChI=1S/C23H29N3O2/c1-16-6-5-11-26(15-16)22(27)18-9-12-25(13-10-18)23(28)20-14-19-7-3-4-8-21(19)24-17(20)2/h3-4,7-8,14,16,18H,5-6,9-13,15H2,1-2H3. The average Bonchev–Trinajstić information content (AvgIpc) is 2.72. The molecule has 148 valence electrons. The Bertz CT molecular complexity index is 887. The number of aromatic nitrogens is 1. The lowest BCUT2D eigenvalue weighted by atomic mass is 9.92. The van der Waals surface area contributed by atoms with Crippen molar-refractivity contribution in [2.24, 2.45) is 11.8 Å². The zero-order chi connectivity index (χ0) is 19.7. The number of nitrogens with zero attached hydrogens (tertiary/aromatic N) is 3. The third kappa shape index (κ3) is 3.75. The van der Waals surface area contributed by atoms with E-state index in [1.54, 1.807) is 0 Å². The van der Waals surface area contributed by atoms with E-state index in [2.05, 4.69) is 11.9 Å². The van der Waals surface area contributed by atoms with Gasteiger partial charge < -0.3 is 9.80 Å². The molecule has 5 nitrogen and oxygen atoms in total. The molecule has 1 aromatic heterocycles. The number of carbonyl (C=O) groups is 2. The van der Waals surface area contributed by atoms with E-state index in [0.717, 1.165) is 48.9 Å². The van der Waals surface area contributed by atoms with Gasteiger partial charge in [0.2, 0.25) is 5.91 Å². The second-order valence-corrected chi connectivity index (χ2v) is 8.41. The van der Waals surface area contributed by atoms with Gasteiger partial charge in [-0.25, -0.2) is 0 Å². The van der Waals surface area contributed by atoms with E-state index in [4.69, 9.17) is 0 Å². The number of benzene rings is 1. The highest BCUT2D eigenvalue weighted by Crippen LogP contribution is 2.25. The van der Waals surface area contributed by atoms with Crippen molar-refractivity contribution in [1.29, 1.82) is 0 Å². The summed E-state index contributed by atoms with van der Waals surface area (Å²) in [6, 6.07) is 9.83. The van der Waals surface area contributed by atoms with Crippen LogP contribution in [0, 0.1) is 18.8 Å². The van der Waals surface area contributed by atoms with Crippen molar-refractivity contribution in [2.45, 2.75) is 39.5 Å². The van der Waals surface area contributed by atoms with Crippen LogP contribution in [0.2, 0.25) is 0 Å². The first-order valence-corrected chi connectivity index (χ1v) is 10.5. The van der Waals surface area contributed by atoms with E-state index in [1.165, 1.54) is 6.42 Å². The summed E-state index contributed by atoms with van der Waals surface area (Å²) in [5, 5.41) is 0.987. The number of pyridine rings is 1. The molecule has 2 saturated heterocycles. The zero-order valence-electron chi connectivity index (χ0n) is 16.9. The third-order valence-corrected chi connectivity index (χ3v) is 6.25. The molecule has 2 amide bonds. The Morgan fingerprint density at radius 3 is 2.54 bits per heavy atom.